The Morgan fingerprint density at radius 3 is 2.76 bits per heavy atom. The molecule has 0 atom stereocenters. The van der Waals surface area contributed by atoms with Crippen LogP contribution in [0.5, 0.6) is 0 Å². The highest BCUT2D eigenvalue weighted by Gasteiger charge is 2.16. The normalized spacial score (nSPS) is 14.8. The Kier molecular flexibility index (Phi) is 5.71. The fourth-order valence-corrected chi connectivity index (χ4v) is 3.28. The van der Waals surface area contributed by atoms with Gasteiger partial charge in [-0.05, 0) is 44.9 Å². The highest BCUT2D eigenvalue weighted by molar-refractivity contribution is 5.90. The quantitative estimate of drug-likeness (QED) is 0.874. The summed E-state index contributed by atoms with van der Waals surface area (Å²) < 4.78 is 5.03. The van der Waals surface area contributed by atoms with Crippen molar-refractivity contribution in [3.8, 4) is 0 Å². The number of likely N-dealkylation sites (N-methyl/N-ethyl adjacent to an activating group) is 1. The maximum Gasteiger partial charge on any atom is 0.240 e. The van der Waals surface area contributed by atoms with Crippen molar-refractivity contribution in [3.63, 3.8) is 0 Å². The van der Waals surface area contributed by atoms with Crippen molar-refractivity contribution in [2.24, 2.45) is 0 Å². The number of benzene rings is 1. The van der Waals surface area contributed by atoms with Crippen LogP contribution in [0.1, 0.15) is 30.5 Å². The van der Waals surface area contributed by atoms with Crippen LogP contribution < -0.4 is 10.2 Å². The van der Waals surface area contributed by atoms with E-state index in [1.165, 1.54) is 30.5 Å². The van der Waals surface area contributed by atoms with E-state index < -0.39 is 0 Å². The van der Waals surface area contributed by atoms with Crippen molar-refractivity contribution in [2.75, 3.05) is 36.9 Å². The molecule has 0 bridgehead atoms. The van der Waals surface area contributed by atoms with Crippen LogP contribution in [-0.2, 0) is 11.3 Å². The molecule has 1 amide bonds. The van der Waals surface area contributed by atoms with Gasteiger partial charge in [-0.3, -0.25) is 15.0 Å². The standard InChI is InChI=1S/C19H26N4O2/c1-15-12-19(25-21-15)20-18(24)14-22(2)13-16-8-4-5-9-17(16)23-10-6-3-7-11-23/h4-5,8-9,12H,3,6-7,10-11,13-14H2,1-2H3,(H,20,24). The molecule has 134 valence electrons. The first-order valence-electron chi connectivity index (χ1n) is 8.86. The molecule has 1 fully saturated rings. The number of amides is 1. The van der Waals surface area contributed by atoms with Gasteiger partial charge in [0.2, 0.25) is 11.8 Å². The zero-order chi connectivity index (χ0) is 17.6. The summed E-state index contributed by atoms with van der Waals surface area (Å²) in [6, 6.07) is 10.2. The molecule has 25 heavy (non-hydrogen) atoms. The highest BCUT2D eigenvalue weighted by Crippen LogP contribution is 2.25. The minimum atomic E-state index is -0.103. The van der Waals surface area contributed by atoms with E-state index in [0.717, 1.165) is 25.3 Å². The van der Waals surface area contributed by atoms with E-state index in [0.29, 0.717) is 12.4 Å². The third-order valence-electron chi connectivity index (χ3n) is 4.43. The van der Waals surface area contributed by atoms with Crippen molar-refractivity contribution in [1.29, 1.82) is 0 Å². The second-order valence-corrected chi connectivity index (χ2v) is 6.73. The molecule has 6 nitrogen and oxygen atoms in total. The van der Waals surface area contributed by atoms with Crippen molar-refractivity contribution in [3.05, 3.63) is 41.6 Å². The van der Waals surface area contributed by atoms with Crippen LogP contribution in [0.3, 0.4) is 0 Å². The summed E-state index contributed by atoms with van der Waals surface area (Å²) in [5, 5.41) is 6.51. The summed E-state index contributed by atoms with van der Waals surface area (Å²) in [6.45, 7) is 5.09. The monoisotopic (exact) mass is 342 g/mol. The number of rotatable bonds is 6. The van der Waals surface area contributed by atoms with Crippen LogP contribution in [0, 0.1) is 6.92 Å². The summed E-state index contributed by atoms with van der Waals surface area (Å²) in [5.41, 5.74) is 3.30. The third kappa shape index (κ3) is 4.82. The predicted octanol–water partition coefficient (Wildman–Crippen LogP) is 3.04. The number of hydrogen-bond donors (Lipinski definition) is 1. The topological polar surface area (TPSA) is 61.6 Å². The van der Waals surface area contributed by atoms with Gasteiger partial charge in [-0.2, -0.15) is 0 Å². The minimum absolute atomic E-state index is 0.103. The molecule has 1 aliphatic heterocycles. The molecule has 1 aliphatic rings. The van der Waals surface area contributed by atoms with E-state index in [1.807, 2.05) is 18.9 Å². The van der Waals surface area contributed by atoms with Crippen LogP contribution >= 0.6 is 0 Å². The number of aryl methyl sites for hydroxylation is 1. The Labute approximate surface area is 148 Å². The average molecular weight is 342 g/mol. The lowest BCUT2D eigenvalue weighted by atomic mass is 10.1. The smallest absolute Gasteiger partial charge is 0.240 e. The zero-order valence-corrected chi connectivity index (χ0v) is 15.0. The largest absolute Gasteiger partial charge is 0.371 e. The maximum atomic E-state index is 12.2. The molecular formula is C19H26N4O2. The molecule has 0 spiro atoms. The van der Waals surface area contributed by atoms with Crippen molar-refractivity contribution >= 4 is 17.5 Å². The Bertz CT molecular complexity index is 707. The maximum absolute atomic E-state index is 12.2. The molecule has 0 unspecified atom stereocenters. The zero-order valence-electron chi connectivity index (χ0n) is 15.0. The number of nitrogens with zero attached hydrogens (tertiary/aromatic N) is 3. The van der Waals surface area contributed by atoms with Crippen molar-refractivity contribution < 1.29 is 9.32 Å². The second-order valence-electron chi connectivity index (χ2n) is 6.73. The van der Waals surface area contributed by atoms with Crippen LogP contribution in [0.25, 0.3) is 0 Å². The molecule has 6 heteroatoms. The van der Waals surface area contributed by atoms with Gasteiger partial charge in [0, 0.05) is 31.4 Å². The fraction of sp³-hybridized carbons (Fsp3) is 0.474. The van der Waals surface area contributed by atoms with Gasteiger partial charge in [-0.1, -0.05) is 23.4 Å². The summed E-state index contributed by atoms with van der Waals surface area (Å²) in [4.78, 5) is 16.6. The van der Waals surface area contributed by atoms with Gasteiger partial charge in [0.1, 0.15) is 0 Å². The first-order chi connectivity index (χ1) is 12.1. The first-order valence-corrected chi connectivity index (χ1v) is 8.86. The lowest BCUT2D eigenvalue weighted by Crippen LogP contribution is -2.32. The Balaban J connectivity index is 1.58. The Hall–Kier alpha value is -2.34. The van der Waals surface area contributed by atoms with Crippen molar-refractivity contribution in [2.45, 2.75) is 32.7 Å². The van der Waals surface area contributed by atoms with E-state index in [9.17, 15) is 4.79 Å². The summed E-state index contributed by atoms with van der Waals surface area (Å²) >= 11 is 0. The lowest BCUT2D eigenvalue weighted by molar-refractivity contribution is -0.117. The number of carbonyl (C=O) groups excluding carboxylic acids is 1. The lowest BCUT2D eigenvalue weighted by Gasteiger charge is -2.31. The third-order valence-corrected chi connectivity index (χ3v) is 4.43. The van der Waals surface area contributed by atoms with E-state index in [2.05, 4.69) is 39.6 Å². The van der Waals surface area contributed by atoms with E-state index in [1.54, 1.807) is 6.07 Å². The van der Waals surface area contributed by atoms with E-state index >= 15 is 0 Å². The van der Waals surface area contributed by atoms with Crippen LogP contribution in [-0.4, -0.2) is 42.6 Å². The van der Waals surface area contributed by atoms with Gasteiger partial charge < -0.3 is 9.42 Å². The molecule has 1 aromatic heterocycles. The molecule has 2 aromatic rings. The number of hydrogen-bond acceptors (Lipinski definition) is 5. The second kappa shape index (κ2) is 8.16. The van der Waals surface area contributed by atoms with Gasteiger partial charge in [0.15, 0.2) is 0 Å². The first kappa shape index (κ1) is 17.5. The molecule has 0 radical (unpaired) electrons. The number of anilines is 2. The summed E-state index contributed by atoms with van der Waals surface area (Å²) in [6.07, 6.45) is 3.83. The SMILES string of the molecule is Cc1cc(NC(=O)CN(C)Cc2ccccc2N2CCCCC2)on1. The predicted molar refractivity (Wildman–Crippen MR) is 98.7 cm³/mol. The number of piperidine rings is 1. The molecule has 1 N–H and O–H groups in total. The van der Waals surface area contributed by atoms with Crippen LogP contribution in [0.4, 0.5) is 11.6 Å². The van der Waals surface area contributed by atoms with Crippen LogP contribution in [0.2, 0.25) is 0 Å². The van der Waals surface area contributed by atoms with E-state index in [-0.39, 0.29) is 5.91 Å². The molecule has 0 saturated carbocycles. The number of nitrogens with one attached hydrogen (secondary N) is 1. The van der Waals surface area contributed by atoms with Crippen LogP contribution in [0.15, 0.2) is 34.9 Å². The summed E-state index contributed by atoms with van der Waals surface area (Å²) in [7, 11) is 1.96. The molecule has 3 rings (SSSR count). The number of para-hydroxylation sites is 1. The minimum Gasteiger partial charge on any atom is -0.371 e. The molecular weight excluding hydrogens is 316 g/mol. The van der Waals surface area contributed by atoms with E-state index in [4.69, 9.17) is 4.52 Å². The number of aromatic nitrogens is 1. The average Bonchev–Trinajstić information content (AvgIpc) is 3.00. The highest BCUT2D eigenvalue weighted by atomic mass is 16.5. The molecule has 1 saturated heterocycles. The number of carbonyl (C=O) groups is 1. The van der Waals surface area contributed by atoms with Gasteiger partial charge in [0.05, 0.1) is 12.2 Å². The van der Waals surface area contributed by atoms with Crippen molar-refractivity contribution in [1.82, 2.24) is 10.1 Å². The van der Waals surface area contributed by atoms with Gasteiger partial charge >= 0.3 is 0 Å². The molecule has 2 heterocycles. The molecule has 0 aliphatic carbocycles. The van der Waals surface area contributed by atoms with Gasteiger partial charge in [0.25, 0.3) is 0 Å². The fourth-order valence-electron chi connectivity index (χ4n) is 3.28. The summed E-state index contributed by atoms with van der Waals surface area (Å²) in [5.74, 6) is 0.290. The van der Waals surface area contributed by atoms with Gasteiger partial charge in [-0.25, -0.2) is 0 Å². The Morgan fingerprint density at radius 1 is 1.28 bits per heavy atom. The molecule has 1 aromatic carbocycles. The van der Waals surface area contributed by atoms with Gasteiger partial charge in [-0.15, -0.1) is 0 Å². The Morgan fingerprint density at radius 2 is 2.04 bits per heavy atom.